The second-order valence-corrected chi connectivity index (χ2v) is 8.64. The third-order valence-electron chi connectivity index (χ3n) is 5.03. The number of benzene rings is 2. The molecule has 0 aliphatic rings. The molecule has 6 nitrogen and oxygen atoms in total. The highest BCUT2D eigenvalue weighted by molar-refractivity contribution is 9.10. The average Bonchev–Trinajstić information content (AvgIpc) is 3.14. The number of nitrogens with zero attached hydrogens (tertiary/aromatic N) is 4. The van der Waals surface area contributed by atoms with Gasteiger partial charge in [-0.25, -0.2) is 4.98 Å². The molecule has 0 fully saturated rings. The van der Waals surface area contributed by atoms with Gasteiger partial charge in [0, 0.05) is 35.3 Å². The molecule has 160 valence electrons. The first-order valence-corrected chi connectivity index (χ1v) is 11.2. The minimum Gasteiger partial charge on any atom is -0.508 e. The zero-order valence-electron chi connectivity index (χ0n) is 17.1. The molecule has 0 saturated carbocycles. The van der Waals surface area contributed by atoms with Crippen LogP contribution in [0.2, 0.25) is 5.02 Å². The van der Waals surface area contributed by atoms with Gasteiger partial charge in [0.25, 0.3) is 0 Å². The van der Waals surface area contributed by atoms with Gasteiger partial charge in [-0.15, -0.1) is 0 Å². The molecule has 0 radical (unpaired) electrons. The van der Waals surface area contributed by atoms with Gasteiger partial charge in [-0.1, -0.05) is 48.0 Å². The number of anilines is 1. The highest BCUT2D eigenvalue weighted by Crippen LogP contribution is 2.30. The molecule has 2 heterocycles. The molecule has 0 bridgehead atoms. The fourth-order valence-corrected chi connectivity index (χ4v) is 4.03. The fourth-order valence-electron chi connectivity index (χ4n) is 3.45. The highest BCUT2D eigenvalue weighted by atomic mass is 79.9. The van der Waals surface area contributed by atoms with Crippen molar-refractivity contribution in [3.63, 3.8) is 0 Å². The molecule has 2 aromatic heterocycles. The molecule has 0 spiro atoms. The van der Waals surface area contributed by atoms with Crippen LogP contribution in [0.3, 0.4) is 0 Å². The maximum absolute atomic E-state index is 9.95. The van der Waals surface area contributed by atoms with Crippen molar-refractivity contribution < 1.29 is 5.11 Å². The fraction of sp³-hybridized carbons (Fsp3) is 0.217. The maximum atomic E-state index is 9.95. The predicted octanol–water partition coefficient (Wildman–Crippen LogP) is 5.45. The molecular weight excluding hydrogens is 478 g/mol. The summed E-state index contributed by atoms with van der Waals surface area (Å²) < 4.78 is 2.61. The van der Waals surface area contributed by atoms with Gasteiger partial charge in [0.2, 0.25) is 0 Å². The van der Waals surface area contributed by atoms with Crippen LogP contribution in [0.4, 0.5) is 5.82 Å². The van der Waals surface area contributed by atoms with Crippen LogP contribution >= 0.6 is 27.5 Å². The molecule has 2 aromatic carbocycles. The normalized spacial score (nSPS) is 11.4. The summed E-state index contributed by atoms with van der Waals surface area (Å²) in [6, 6.07) is 17.1. The summed E-state index contributed by atoms with van der Waals surface area (Å²) in [7, 11) is 2.05. The Balaban J connectivity index is 1.45. The Morgan fingerprint density at radius 3 is 2.74 bits per heavy atom. The molecule has 0 saturated heterocycles. The van der Waals surface area contributed by atoms with E-state index in [0.717, 1.165) is 52.3 Å². The summed E-state index contributed by atoms with van der Waals surface area (Å²) >= 11 is 9.93. The lowest BCUT2D eigenvalue weighted by Crippen LogP contribution is -2.21. The summed E-state index contributed by atoms with van der Waals surface area (Å²) in [6.07, 6.45) is 2.67. The molecule has 4 rings (SSSR count). The SMILES string of the molecule is CN(CCCNc1cc(-c2ccccc2Cl)nc2c(Br)cnn12)Cc1ccccc1O. The Kier molecular flexibility index (Phi) is 6.75. The van der Waals surface area contributed by atoms with E-state index in [1.807, 2.05) is 48.5 Å². The monoisotopic (exact) mass is 499 g/mol. The lowest BCUT2D eigenvalue weighted by molar-refractivity contribution is 0.319. The lowest BCUT2D eigenvalue weighted by Gasteiger charge is -2.18. The van der Waals surface area contributed by atoms with Crippen LogP contribution in [0.25, 0.3) is 16.9 Å². The van der Waals surface area contributed by atoms with E-state index in [-0.39, 0.29) is 0 Å². The molecule has 31 heavy (non-hydrogen) atoms. The number of hydrogen-bond acceptors (Lipinski definition) is 5. The first kappa shape index (κ1) is 21.6. The Morgan fingerprint density at radius 1 is 1.16 bits per heavy atom. The van der Waals surface area contributed by atoms with E-state index in [2.05, 4.69) is 38.3 Å². The molecule has 0 aliphatic carbocycles. The van der Waals surface area contributed by atoms with E-state index < -0.39 is 0 Å². The average molecular weight is 501 g/mol. The molecule has 4 aromatic rings. The van der Waals surface area contributed by atoms with Crippen molar-refractivity contribution in [2.75, 3.05) is 25.5 Å². The number of hydrogen-bond donors (Lipinski definition) is 2. The zero-order valence-corrected chi connectivity index (χ0v) is 19.4. The largest absolute Gasteiger partial charge is 0.508 e. The van der Waals surface area contributed by atoms with Crippen LogP contribution in [0.1, 0.15) is 12.0 Å². The Hall–Kier alpha value is -2.61. The number of phenolic OH excluding ortho intramolecular Hbond substituents is 1. The van der Waals surface area contributed by atoms with Crippen LogP contribution in [-0.2, 0) is 6.54 Å². The van der Waals surface area contributed by atoms with E-state index >= 15 is 0 Å². The van der Waals surface area contributed by atoms with E-state index in [4.69, 9.17) is 16.6 Å². The Bertz CT molecular complexity index is 1200. The molecule has 8 heteroatoms. The van der Waals surface area contributed by atoms with Crippen LogP contribution in [0, 0.1) is 0 Å². The van der Waals surface area contributed by atoms with Gasteiger partial charge >= 0.3 is 0 Å². The van der Waals surface area contributed by atoms with Crippen molar-refractivity contribution in [1.82, 2.24) is 19.5 Å². The minimum absolute atomic E-state index is 0.336. The molecule has 0 unspecified atom stereocenters. The lowest BCUT2D eigenvalue weighted by atomic mass is 10.1. The standard InChI is InChI=1S/C23H23BrClN5O/c1-29(15-16-7-2-5-10-21(16)31)12-6-11-26-22-13-20(17-8-3-4-9-19(17)25)28-23-18(24)14-27-30(22)23/h2-5,7-10,13-14,26,31H,6,11-12,15H2,1H3. The van der Waals surface area contributed by atoms with Gasteiger partial charge in [0.05, 0.1) is 16.4 Å². The first-order valence-electron chi connectivity index (χ1n) is 10.0. The van der Waals surface area contributed by atoms with Crippen LogP contribution < -0.4 is 5.32 Å². The van der Waals surface area contributed by atoms with Crippen molar-refractivity contribution in [3.8, 4) is 17.0 Å². The highest BCUT2D eigenvalue weighted by Gasteiger charge is 2.13. The number of rotatable bonds is 8. The van der Waals surface area contributed by atoms with Gasteiger partial charge in [-0.3, -0.25) is 0 Å². The van der Waals surface area contributed by atoms with Gasteiger partial charge in [-0.2, -0.15) is 9.61 Å². The summed E-state index contributed by atoms with van der Waals surface area (Å²) in [4.78, 5) is 6.93. The predicted molar refractivity (Wildman–Crippen MR) is 129 cm³/mol. The van der Waals surface area contributed by atoms with Crippen LogP contribution in [0.5, 0.6) is 5.75 Å². The Labute approximate surface area is 194 Å². The summed E-state index contributed by atoms with van der Waals surface area (Å²) in [5.74, 6) is 1.19. The Morgan fingerprint density at radius 2 is 1.94 bits per heavy atom. The zero-order chi connectivity index (χ0) is 21.8. The third kappa shape index (κ3) is 5.01. The van der Waals surface area contributed by atoms with E-state index in [0.29, 0.717) is 17.3 Å². The van der Waals surface area contributed by atoms with Crippen molar-refractivity contribution in [1.29, 1.82) is 0 Å². The first-order chi connectivity index (χ1) is 15.0. The number of phenols is 1. The molecule has 0 atom stereocenters. The second-order valence-electron chi connectivity index (χ2n) is 7.38. The molecule has 0 aliphatic heterocycles. The quantitative estimate of drug-likeness (QED) is 0.315. The van der Waals surface area contributed by atoms with E-state index in [1.54, 1.807) is 16.8 Å². The number of fused-ring (bicyclic) bond motifs is 1. The van der Waals surface area contributed by atoms with Crippen molar-refractivity contribution in [2.45, 2.75) is 13.0 Å². The van der Waals surface area contributed by atoms with E-state index in [9.17, 15) is 5.11 Å². The summed E-state index contributed by atoms with van der Waals surface area (Å²) in [6.45, 7) is 2.36. The smallest absolute Gasteiger partial charge is 0.172 e. The van der Waals surface area contributed by atoms with Gasteiger partial charge < -0.3 is 15.3 Å². The number of aromatic hydroxyl groups is 1. The van der Waals surface area contributed by atoms with Gasteiger partial charge in [0.1, 0.15) is 11.6 Å². The van der Waals surface area contributed by atoms with Crippen LogP contribution in [0.15, 0.2) is 65.3 Å². The molecule has 0 amide bonds. The number of aromatic nitrogens is 3. The minimum atomic E-state index is 0.336. The summed E-state index contributed by atoms with van der Waals surface area (Å²) in [5.41, 5.74) is 3.33. The number of nitrogens with one attached hydrogen (secondary N) is 1. The number of para-hydroxylation sites is 1. The number of halogens is 2. The molecular formula is C23H23BrClN5O. The van der Waals surface area contributed by atoms with Crippen LogP contribution in [-0.4, -0.2) is 44.7 Å². The maximum Gasteiger partial charge on any atom is 0.172 e. The van der Waals surface area contributed by atoms with Crippen molar-refractivity contribution in [2.24, 2.45) is 0 Å². The van der Waals surface area contributed by atoms with Crippen molar-refractivity contribution >= 4 is 39.0 Å². The van der Waals surface area contributed by atoms with E-state index in [1.165, 1.54) is 0 Å². The topological polar surface area (TPSA) is 65.7 Å². The molecule has 2 N–H and O–H groups in total. The second kappa shape index (κ2) is 9.68. The van der Waals surface area contributed by atoms with Crippen molar-refractivity contribution in [3.05, 3.63) is 75.9 Å². The van der Waals surface area contributed by atoms with Gasteiger partial charge in [0.15, 0.2) is 5.65 Å². The summed E-state index contributed by atoms with van der Waals surface area (Å²) in [5, 5.41) is 18.5. The third-order valence-corrected chi connectivity index (χ3v) is 5.92. The van der Waals surface area contributed by atoms with Gasteiger partial charge in [-0.05, 0) is 48.1 Å².